The van der Waals surface area contributed by atoms with Crippen molar-refractivity contribution in [2.24, 2.45) is 0 Å². The van der Waals surface area contributed by atoms with Crippen LogP contribution in [0.25, 0.3) is 21.9 Å². The van der Waals surface area contributed by atoms with Crippen molar-refractivity contribution in [3.63, 3.8) is 0 Å². The minimum atomic E-state index is 0.513. The summed E-state index contributed by atoms with van der Waals surface area (Å²) < 4.78 is 0. The molecule has 3 rings (SSSR count). The average Bonchev–Trinajstić information content (AvgIpc) is 2.61. The first-order valence-electron chi connectivity index (χ1n) is 8.25. The Kier molecular flexibility index (Phi) is 4.82. The molecule has 0 spiro atoms. The number of pyridine rings is 1. The number of rotatable bonds is 6. The molecule has 2 nitrogen and oxygen atoms in total. The molecule has 0 radical (unpaired) electrons. The van der Waals surface area contributed by atoms with Gasteiger partial charge in [-0.25, -0.2) is 0 Å². The highest BCUT2D eigenvalue weighted by molar-refractivity contribution is 5.91. The molecule has 3 aromatic rings. The third kappa shape index (κ3) is 3.48. The molecule has 0 aliphatic rings. The summed E-state index contributed by atoms with van der Waals surface area (Å²) in [5, 5.41) is 2.38. The lowest BCUT2D eigenvalue weighted by molar-refractivity contribution is 0.111. The van der Waals surface area contributed by atoms with Gasteiger partial charge in [0.15, 0.2) is 6.29 Å². The van der Waals surface area contributed by atoms with Gasteiger partial charge in [-0.1, -0.05) is 56.2 Å². The van der Waals surface area contributed by atoms with E-state index in [4.69, 9.17) is 0 Å². The zero-order valence-corrected chi connectivity index (χ0v) is 13.5. The van der Waals surface area contributed by atoms with E-state index < -0.39 is 0 Å². The Bertz CT molecular complexity index is 823. The Labute approximate surface area is 137 Å². The van der Waals surface area contributed by atoms with E-state index in [1.807, 2.05) is 18.3 Å². The highest BCUT2D eigenvalue weighted by atomic mass is 16.1. The van der Waals surface area contributed by atoms with E-state index in [2.05, 4.69) is 48.3 Å². The molecule has 0 saturated heterocycles. The van der Waals surface area contributed by atoms with Gasteiger partial charge in [-0.15, -0.1) is 0 Å². The lowest BCUT2D eigenvalue weighted by atomic mass is 9.98. The van der Waals surface area contributed by atoms with Gasteiger partial charge in [0.2, 0.25) is 0 Å². The van der Waals surface area contributed by atoms with Crippen LogP contribution in [0.4, 0.5) is 0 Å². The zero-order valence-electron chi connectivity index (χ0n) is 13.5. The Hall–Kier alpha value is -2.48. The number of aromatic nitrogens is 1. The smallest absolute Gasteiger partial charge is 0.169 e. The summed E-state index contributed by atoms with van der Waals surface area (Å²) >= 11 is 0. The van der Waals surface area contributed by atoms with E-state index in [0.29, 0.717) is 5.69 Å². The maximum absolute atomic E-state index is 11.4. The summed E-state index contributed by atoms with van der Waals surface area (Å²) in [6, 6.07) is 16.7. The second kappa shape index (κ2) is 7.19. The van der Waals surface area contributed by atoms with Gasteiger partial charge in [0.05, 0.1) is 0 Å². The van der Waals surface area contributed by atoms with Crippen LogP contribution in [0.1, 0.15) is 42.2 Å². The van der Waals surface area contributed by atoms with Gasteiger partial charge >= 0.3 is 0 Å². The van der Waals surface area contributed by atoms with Crippen LogP contribution in [0, 0.1) is 0 Å². The van der Waals surface area contributed by atoms with Gasteiger partial charge in [-0.05, 0) is 46.9 Å². The molecule has 0 amide bonds. The normalized spacial score (nSPS) is 10.8. The van der Waals surface area contributed by atoms with Crippen LogP contribution in [0.5, 0.6) is 0 Å². The molecule has 0 N–H and O–H groups in total. The second-order valence-corrected chi connectivity index (χ2v) is 5.91. The first kappa shape index (κ1) is 15.4. The van der Waals surface area contributed by atoms with Crippen molar-refractivity contribution < 1.29 is 4.79 Å². The Morgan fingerprint density at radius 2 is 1.83 bits per heavy atom. The van der Waals surface area contributed by atoms with Crippen LogP contribution in [0.3, 0.4) is 0 Å². The third-order valence-electron chi connectivity index (χ3n) is 4.22. The second-order valence-electron chi connectivity index (χ2n) is 5.91. The van der Waals surface area contributed by atoms with Crippen LogP contribution in [0.2, 0.25) is 0 Å². The molecular weight excluding hydrogens is 282 g/mol. The zero-order chi connectivity index (χ0) is 16.1. The van der Waals surface area contributed by atoms with Crippen LogP contribution >= 0.6 is 0 Å². The van der Waals surface area contributed by atoms with Crippen molar-refractivity contribution in [1.82, 2.24) is 4.98 Å². The summed E-state index contributed by atoms with van der Waals surface area (Å²) in [5.41, 5.74) is 3.70. The van der Waals surface area contributed by atoms with E-state index in [1.54, 1.807) is 0 Å². The number of hydrogen-bond acceptors (Lipinski definition) is 2. The predicted molar refractivity (Wildman–Crippen MR) is 95.8 cm³/mol. The maximum atomic E-state index is 11.4. The van der Waals surface area contributed by atoms with Crippen molar-refractivity contribution in [2.75, 3.05) is 0 Å². The Morgan fingerprint density at radius 3 is 2.61 bits per heavy atom. The first-order valence-corrected chi connectivity index (χ1v) is 8.25. The molecule has 116 valence electrons. The summed E-state index contributed by atoms with van der Waals surface area (Å²) in [6.07, 6.45) is 7.29. The largest absolute Gasteiger partial charge is 0.296 e. The van der Waals surface area contributed by atoms with E-state index in [9.17, 15) is 4.79 Å². The lowest BCUT2D eigenvalue weighted by Crippen LogP contribution is -1.96. The number of aldehydes is 1. The third-order valence-corrected chi connectivity index (χ3v) is 4.22. The minimum Gasteiger partial charge on any atom is -0.296 e. The van der Waals surface area contributed by atoms with Crippen molar-refractivity contribution in [2.45, 2.75) is 32.6 Å². The summed E-state index contributed by atoms with van der Waals surface area (Å²) in [5.74, 6) is 0. The fourth-order valence-electron chi connectivity index (χ4n) is 2.92. The summed E-state index contributed by atoms with van der Waals surface area (Å²) in [4.78, 5) is 15.7. The molecule has 1 aromatic heterocycles. The van der Waals surface area contributed by atoms with Crippen molar-refractivity contribution in [3.05, 3.63) is 66.0 Å². The molecule has 2 aromatic carbocycles. The van der Waals surface area contributed by atoms with Gasteiger partial charge in [0.25, 0.3) is 0 Å². The predicted octanol–water partition coefficient (Wildman–Crippen LogP) is 5.45. The lowest BCUT2D eigenvalue weighted by Gasteiger charge is -2.09. The van der Waals surface area contributed by atoms with Crippen molar-refractivity contribution in [3.8, 4) is 11.1 Å². The summed E-state index contributed by atoms with van der Waals surface area (Å²) in [7, 11) is 0. The highest BCUT2D eigenvalue weighted by Crippen LogP contribution is 2.27. The molecular formula is C21H21NO. The number of fused-ring (bicyclic) bond motifs is 1. The quantitative estimate of drug-likeness (QED) is 0.448. The molecule has 1 heterocycles. The van der Waals surface area contributed by atoms with Crippen LogP contribution in [-0.4, -0.2) is 11.3 Å². The number of aryl methyl sites for hydroxylation is 1. The minimum absolute atomic E-state index is 0.513. The van der Waals surface area contributed by atoms with E-state index in [-0.39, 0.29) is 0 Å². The van der Waals surface area contributed by atoms with Crippen molar-refractivity contribution in [1.29, 1.82) is 0 Å². The van der Waals surface area contributed by atoms with Gasteiger partial charge < -0.3 is 0 Å². The number of carbonyl (C=O) groups is 1. The van der Waals surface area contributed by atoms with Gasteiger partial charge in [-0.3, -0.25) is 9.78 Å². The number of unbranched alkanes of at least 4 members (excludes halogenated alkanes) is 2. The topological polar surface area (TPSA) is 30.0 Å². The molecule has 0 bridgehead atoms. The SMILES string of the molecule is CCCCCc1cnc(C=O)c(-c2ccc3ccccc3c2)c1. The van der Waals surface area contributed by atoms with Crippen LogP contribution < -0.4 is 0 Å². The Balaban J connectivity index is 2.00. The first-order chi connectivity index (χ1) is 11.3. The standard InChI is InChI=1S/C21H21NO/c1-2-3-4-7-16-12-20(21(15-23)22-14-16)19-11-10-17-8-5-6-9-18(17)13-19/h5-6,8-15H,2-4,7H2,1H3. The fraction of sp³-hybridized carbons (Fsp3) is 0.238. The molecule has 0 atom stereocenters. The molecule has 2 heteroatoms. The number of carbonyl (C=O) groups excluding carboxylic acids is 1. The highest BCUT2D eigenvalue weighted by Gasteiger charge is 2.08. The van der Waals surface area contributed by atoms with Crippen LogP contribution in [-0.2, 0) is 6.42 Å². The number of hydrogen-bond donors (Lipinski definition) is 0. The average molecular weight is 303 g/mol. The van der Waals surface area contributed by atoms with Gasteiger partial charge in [-0.2, -0.15) is 0 Å². The molecule has 0 fully saturated rings. The van der Waals surface area contributed by atoms with E-state index in [1.165, 1.54) is 29.2 Å². The molecule has 0 aliphatic heterocycles. The van der Waals surface area contributed by atoms with E-state index in [0.717, 1.165) is 30.3 Å². The molecule has 0 aliphatic carbocycles. The number of benzene rings is 2. The molecule has 23 heavy (non-hydrogen) atoms. The Morgan fingerprint density at radius 1 is 1.00 bits per heavy atom. The monoisotopic (exact) mass is 303 g/mol. The van der Waals surface area contributed by atoms with Crippen LogP contribution in [0.15, 0.2) is 54.7 Å². The maximum Gasteiger partial charge on any atom is 0.169 e. The van der Waals surface area contributed by atoms with Gasteiger partial charge in [0.1, 0.15) is 5.69 Å². The summed E-state index contributed by atoms with van der Waals surface area (Å²) in [6.45, 7) is 2.20. The molecule has 0 unspecified atom stereocenters. The van der Waals surface area contributed by atoms with Crippen molar-refractivity contribution >= 4 is 17.1 Å². The number of nitrogens with zero attached hydrogens (tertiary/aromatic N) is 1. The fourth-order valence-corrected chi connectivity index (χ4v) is 2.92. The van der Waals surface area contributed by atoms with Gasteiger partial charge in [0, 0.05) is 11.8 Å². The van der Waals surface area contributed by atoms with E-state index >= 15 is 0 Å². The molecule has 0 saturated carbocycles.